The minimum absolute atomic E-state index is 0.143. The molecule has 0 spiro atoms. The molecular weight excluding hydrogens is 327 g/mol. The molecular formula is C18H23O5P. The van der Waals surface area contributed by atoms with Crippen molar-refractivity contribution in [1.82, 2.24) is 0 Å². The molecule has 0 aliphatic heterocycles. The third kappa shape index (κ3) is 6.46. The van der Waals surface area contributed by atoms with Gasteiger partial charge in [-0.3, -0.25) is 9.05 Å². The first-order chi connectivity index (χ1) is 11.6. The van der Waals surface area contributed by atoms with Gasteiger partial charge < -0.3 is 9.63 Å². The van der Waals surface area contributed by atoms with E-state index in [-0.39, 0.29) is 13.2 Å². The highest BCUT2D eigenvalue weighted by Gasteiger charge is 2.19. The fourth-order valence-corrected chi connectivity index (χ4v) is 2.99. The Morgan fingerprint density at radius 2 is 1.71 bits per heavy atom. The molecule has 1 N–H and O–H groups in total. The molecule has 5 nitrogen and oxygen atoms in total. The summed E-state index contributed by atoms with van der Waals surface area (Å²) in [5.74, 6) is 0.818. The summed E-state index contributed by atoms with van der Waals surface area (Å²) in [4.78, 5) is 9.36. The second-order valence-electron chi connectivity index (χ2n) is 5.21. The van der Waals surface area contributed by atoms with Gasteiger partial charge in [-0.15, -0.1) is 0 Å². The Hall–Kier alpha value is -1.65. The Kier molecular flexibility index (Phi) is 7.47. The summed E-state index contributed by atoms with van der Waals surface area (Å²) < 4.78 is 26.9. The van der Waals surface area contributed by atoms with Crippen LogP contribution in [0.25, 0.3) is 0 Å². The van der Waals surface area contributed by atoms with E-state index in [1.165, 1.54) is 0 Å². The van der Waals surface area contributed by atoms with Gasteiger partial charge in [-0.25, -0.2) is 4.57 Å². The molecule has 0 radical (unpaired) electrons. The Morgan fingerprint density at radius 3 is 2.46 bits per heavy atom. The molecule has 1 unspecified atom stereocenters. The maximum atomic E-state index is 11.4. The van der Waals surface area contributed by atoms with Crippen LogP contribution < -0.4 is 4.74 Å². The lowest BCUT2D eigenvalue weighted by Gasteiger charge is -2.13. The van der Waals surface area contributed by atoms with Crippen LogP contribution in [0.15, 0.2) is 54.6 Å². The monoisotopic (exact) mass is 350 g/mol. The average Bonchev–Trinajstić information content (AvgIpc) is 2.58. The number of phosphoric acid groups is 1. The maximum Gasteiger partial charge on any atom is 0.472 e. The third-order valence-corrected chi connectivity index (χ3v) is 4.44. The Labute approximate surface area is 142 Å². The Balaban J connectivity index is 1.84. The number of para-hydroxylation sites is 1. The van der Waals surface area contributed by atoms with E-state index in [0.717, 1.165) is 16.9 Å². The summed E-state index contributed by atoms with van der Waals surface area (Å²) in [6.45, 7) is 2.45. The number of phosphoric ester groups is 1. The number of hydrogen-bond acceptors (Lipinski definition) is 4. The second-order valence-corrected chi connectivity index (χ2v) is 6.66. The molecule has 130 valence electrons. The minimum Gasteiger partial charge on any atom is -0.489 e. The highest BCUT2D eigenvalue weighted by atomic mass is 31.2. The summed E-state index contributed by atoms with van der Waals surface area (Å²) in [7, 11) is -3.91. The van der Waals surface area contributed by atoms with Crippen molar-refractivity contribution in [1.29, 1.82) is 0 Å². The molecule has 0 saturated heterocycles. The van der Waals surface area contributed by atoms with Gasteiger partial charge in [0.2, 0.25) is 0 Å². The van der Waals surface area contributed by atoms with Crippen molar-refractivity contribution in [2.75, 3.05) is 13.2 Å². The number of rotatable bonds is 10. The van der Waals surface area contributed by atoms with Gasteiger partial charge in [-0.05, 0) is 37.0 Å². The zero-order valence-electron chi connectivity index (χ0n) is 13.8. The molecule has 0 fully saturated rings. The predicted octanol–water partition coefficient (Wildman–Crippen LogP) is 4.35. The van der Waals surface area contributed by atoms with Crippen LogP contribution in [0.3, 0.4) is 0 Å². The molecule has 2 aromatic carbocycles. The first-order valence-electron chi connectivity index (χ1n) is 7.97. The van der Waals surface area contributed by atoms with Crippen LogP contribution in [0.4, 0.5) is 0 Å². The Morgan fingerprint density at radius 1 is 1.00 bits per heavy atom. The zero-order chi connectivity index (χ0) is 17.3. The van der Waals surface area contributed by atoms with Gasteiger partial charge in [0, 0.05) is 0 Å². The minimum atomic E-state index is -3.91. The smallest absolute Gasteiger partial charge is 0.472 e. The normalized spacial score (nSPS) is 13.4. The summed E-state index contributed by atoms with van der Waals surface area (Å²) in [5.41, 5.74) is 2.15. The molecule has 2 rings (SSSR count). The van der Waals surface area contributed by atoms with Crippen LogP contribution in [0.2, 0.25) is 0 Å². The lowest BCUT2D eigenvalue weighted by atomic mass is 10.1. The van der Waals surface area contributed by atoms with Crippen LogP contribution in [-0.4, -0.2) is 18.1 Å². The molecule has 0 heterocycles. The van der Waals surface area contributed by atoms with E-state index in [1.807, 2.05) is 54.6 Å². The van der Waals surface area contributed by atoms with Gasteiger partial charge in [-0.1, -0.05) is 48.5 Å². The summed E-state index contributed by atoms with van der Waals surface area (Å²) in [5, 5.41) is 0. The van der Waals surface area contributed by atoms with Crippen molar-refractivity contribution in [3.05, 3.63) is 65.7 Å². The van der Waals surface area contributed by atoms with Crippen molar-refractivity contribution >= 4 is 7.82 Å². The van der Waals surface area contributed by atoms with Gasteiger partial charge in [-0.2, -0.15) is 0 Å². The molecule has 0 amide bonds. The van der Waals surface area contributed by atoms with E-state index in [4.69, 9.17) is 9.26 Å². The van der Waals surface area contributed by atoms with E-state index in [9.17, 15) is 9.46 Å². The number of benzene rings is 2. The number of hydrogen-bond donors (Lipinski definition) is 1. The van der Waals surface area contributed by atoms with Gasteiger partial charge in [0.25, 0.3) is 0 Å². The molecule has 24 heavy (non-hydrogen) atoms. The second kappa shape index (κ2) is 9.60. The van der Waals surface area contributed by atoms with Crippen LogP contribution in [0, 0.1) is 0 Å². The molecule has 0 aromatic heterocycles. The SMILES string of the molecule is CCOP(=O)(O)OCCCc1ccccc1OCc1ccccc1. The molecule has 0 aliphatic rings. The van der Waals surface area contributed by atoms with E-state index in [2.05, 4.69) is 4.52 Å². The quantitative estimate of drug-likeness (QED) is 0.510. The third-order valence-electron chi connectivity index (χ3n) is 3.35. The van der Waals surface area contributed by atoms with E-state index in [1.54, 1.807) is 6.92 Å². The van der Waals surface area contributed by atoms with Crippen LogP contribution in [0.1, 0.15) is 24.5 Å². The average molecular weight is 350 g/mol. The fraction of sp³-hybridized carbons (Fsp3) is 0.333. The van der Waals surface area contributed by atoms with Crippen molar-refractivity contribution in [3.63, 3.8) is 0 Å². The lowest BCUT2D eigenvalue weighted by molar-refractivity contribution is 0.154. The molecule has 1 atom stereocenters. The van der Waals surface area contributed by atoms with Crippen molar-refractivity contribution in [3.8, 4) is 5.75 Å². The highest BCUT2D eigenvalue weighted by molar-refractivity contribution is 7.47. The van der Waals surface area contributed by atoms with Crippen LogP contribution >= 0.6 is 7.82 Å². The number of aryl methyl sites for hydroxylation is 1. The van der Waals surface area contributed by atoms with Gasteiger partial charge >= 0.3 is 7.82 Å². The first kappa shape index (κ1) is 18.7. The predicted molar refractivity (Wildman–Crippen MR) is 92.9 cm³/mol. The van der Waals surface area contributed by atoms with Gasteiger partial charge in [0.1, 0.15) is 12.4 Å². The van der Waals surface area contributed by atoms with Crippen molar-refractivity contribution in [2.24, 2.45) is 0 Å². The van der Waals surface area contributed by atoms with Crippen LogP contribution in [0.5, 0.6) is 5.75 Å². The van der Waals surface area contributed by atoms with Crippen LogP contribution in [-0.2, 0) is 26.6 Å². The summed E-state index contributed by atoms with van der Waals surface area (Å²) >= 11 is 0. The van der Waals surface area contributed by atoms with E-state index >= 15 is 0 Å². The summed E-state index contributed by atoms with van der Waals surface area (Å²) in [6.07, 6.45) is 1.29. The molecule has 0 bridgehead atoms. The zero-order valence-corrected chi connectivity index (χ0v) is 14.7. The largest absolute Gasteiger partial charge is 0.489 e. The topological polar surface area (TPSA) is 65.0 Å². The fourth-order valence-electron chi connectivity index (χ4n) is 2.23. The first-order valence-corrected chi connectivity index (χ1v) is 9.47. The molecule has 2 aromatic rings. The van der Waals surface area contributed by atoms with Gasteiger partial charge in [0.05, 0.1) is 13.2 Å². The standard InChI is InChI=1S/C18H23O5P/c1-2-22-24(19,20)23-14-8-12-17-11-6-7-13-18(17)21-15-16-9-4-3-5-10-16/h3-7,9-11,13H,2,8,12,14-15H2,1H3,(H,19,20). The molecule has 6 heteroatoms. The van der Waals surface area contributed by atoms with Gasteiger partial charge in [0.15, 0.2) is 0 Å². The van der Waals surface area contributed by atoms with Crippen molar-refractivity contribution < 1.29 is 23.2 Å². The summed E-state index contributed by atoms with van der Waals surface area (Å²) in [6, 6.07) is 17.8. The highest BCUT2D eigenvalue weighted by Crippen LogP contribution is 2.42. The molecule has 0 aliphatic carbocycles. The van der Waals surface area contributed by atoms with Crippen molar-refractivity contribution in [2.45, 2.75) is 26.4 Å². The Bertz CT molecular complexity index is 659. The van der Waals surface area contributed by atoms with E-state index in [0.29, 0.717) is 19.4 Å². The maximum absolute atomic E-state index is 11.4. The van der Waals surface area contributed by atoms with E-state index < -0.39 is 7.82 Å². The number of ether oxygens (including phenoxy) is 1. The molecule has 0 saturated carbocycles. The lowest BCUT2D eigenvalue weighted by Crippen LogP contribution is -2.01.